The summed E-state index contributed by atoms with van der Waals surface area (Å²) in [5.74, 6) is -4.30. The Balaban J connectivity index is 1.64. The number of carboxylic acid groups (broad SMARTS) is 1. The van der Waals surface area contributed by atoms with Crippen LogP contribution in [0.5, 0.6) is 0 Å². The molecule has 2 heterocycles. The minimum absolute atomic E-state index is 0.0569. The molecule has 12 heteroatoms. The van der Waals surface area contributed by atoms with Gasteiger partial charge in [-0.15, -0.1) is 0 Å². The number of carboxylic acids is 1. The predicted molar refractivity (Wildman–Crippen MR) is 120 cm³/mol. The van der Waals surface area contributed by atoms with Crippen molar-refractivity contribution in [3.63, 3.8) is 0 Å². The van der Waals surface area contributed by atoms with E-state index in [9.17, 15) is 37.5 Å². The Morgan fingerprint density at radius 3 is 2.28 bits per heavy atom. The fourth-order valence-electron chi connectivity index (χ4n) is 4.25. The molecule has 36 heavy (non-hydrogen) atoms. The van der Waals surface area contributed by atoms with Gasteiger partial charge in [0.1, 0.15) is 6.61 Å². The normalized spacial score (nSPS) is 19.2. The number of imide groups is 1. The van der Waals surface area contributed by atoms with E-state index in [4.69, 9.17) is 4.74 Å². The monoisotopic (exact) mass is 505 g/mol. The molecule has 4 amide bonds. The van der Waals surface area contributed by atoms with Crippen molar-refractivity contribution in [2.75, 3.05) is 36.1 Å². The third-order valence-corrected chi connectivity index (χ3v) is 6.23. The van der Waals surface area contributed by atoms with E-state index in [1.54, 1.807) is 12.1 Å². The van der Waals surface area contributed by atoms with Gasteiger partial charge in [-0.1, -0.05) is 12.1 Å². The van der Waals surface area contributed by atoms with Crippen LogP contribution in [-0.4, -0.2) is 60.1 Å². The molecular weight excluding hydrogens is 483 g/mol. The molecule has 2 saturated heterocycles. The molecule has 0 radical (unpaired) electrons. The molecule has 0 aromatic heterocycles. The van der Waals surface area contributed by atoms with Gasteiger partial charge in [0, 0.05) is 24.5 Å². The van der Waals surface area contributed by atoms with Crippen LogP contribution in [0.25, 0.3) is 0 Å². The van der Waals surface area contributed by atoms with E-state index in [2.05, 4.69) is 0 Å². The lowest BCUT2D eigenvalue weighted by Crippen LogP contribution is -2.58. The van der Waals surface area contributed by atoms with Gasteiger partial charge in [-0.3, -0.25) is 24.2 Å². The summed E-state index contributed by atoms with van der Waals surface area (Å²) >= 11 is 0. The summed E-state index contributed by atoms with van der Waals surface area (Å²) in [6.45, 7) is 0.924. The van der Waals surface area contributed by atoms with Crippen LogP contribution in [-0.2, 0) is 31.8 Å². The smallest absolute Gasteiger partial charge is 0.416 e. The van der Waals surface area contributed by atoms with E-state index in [0.717, 1.165) is 11.0 Å². The molecule has 0 aliphatic carbocycles. The number of amides is 4. The van der Waals surface area contributed by atoms with Gasteiger partial charge in [-0.05, 0) is 48.4 Å². The lowest BCUT2D eigenvalue weighted by atomic mass is 9.99. The predicted octanol–water partition coefficient (Wildman–Crippen LogP) is 3.05. The number of anilines is 2. The number of ether oxygens (including phenoxy) is 1. The highest BCUT2D eigenvalue weighted by Crippen LogP contribution is 2.34. The molecule has 190 valence electrons. The van der Waals surface area contributed by atoms with Crippen molar-refractivity contribution < 1.29 is 42.2 Å². The highest BCUT2D eigenvalue weighted by atomic mass is 19.4. The number of carbonyl (C=O) groups is 4. The van der Waals surface area contributed by atoms with Crippen LogP contribution in [0, 0.1) is 12.8 Å². The largest absolute Gasteiger partial charge is 0.481 e. The summed E-state index contributed by atoms with van der Waals surface area (Å²) in [6.07, 6.45) is -4.63. The van der Waals surface area contributed by atoms with Gasteiger partial charge in [0.2, 0.25) is 5.91 Å². The SMILES string of the molecule is Cc1c(CN2C(=O)C(C(=O)O)CN(c3ccc(N4CCOCC4=O)cc3)C2=O)cccc1C(F)(F)F. The Kier molecular flexibility index (Phi) is 6.72. The molecule has 1 atom stereocenters. The second-order valence-corrected chi connectivity index (χ2v) is 8.41. The number of nitrogens with zero attached hydrogens (tertiary/aromatic N) is 3. The third kappa shape index (κ3) is 4.76. The first-order chi connectivity index (χ1) is 17.0. The van der Waals surface area contributed by atoms with Crippen LogP contribution < -0.4 is 9.80 Å². The topological polar surface area (TPSA) is 107 Å². The maximum atomic E-state index is 13.3. The number of carbonyl (C=O) groups excluding carboxylic acids is 3. The number of aliphatic carboxylic acids is 1. The summed E-state index contributed by atoms with van der Waals surface area (Å²) in [5.41, 5.74) is -0.169. The van der Waals surface area contributed by atoms with E-state index < -0.39 is 48.7 Å². The molecule has 0 bridgehead atoms. The first kappa shape index (κ1) is 25.2. The van der Waals surface area contributed by atoms with E-state index >= 15 is 0 Å². The van der Waals surface area contributed by atoms with Gasteiger partial charge in [0.25, 0.3) is 5.91 Å². The average Bonchev–Trinajstić information content (AvgIpc) is 2.82. The highest BCUT2D eigenvalue weighted by Gasteiger charge is 2.44. The number of hydrogen-bond donors (Lipinski definition) is 1. The molecule has 0 saturated carbocycles. The Morgan fingerprint density at radius 2 is 1.69 bits per heavy atom. The molecule has 2 fully saturated rings. The molecule has 9 nitrogen and oxygen atoms in total. The Labute approximate surface area is 203 Å². The maximum Gasteiger partial charge on any atom is 0.416 e. The van der Waals surface area contributed by atoms with Gasteiger partial charge in [-0.2, -0.15) is 13.2 Å². The molecular formula is C24H22F3N3O6. The summed E-state index contributed by atoms with van der Waals surface area (Å²) < 4.78 is 45.1. The quantitative estimate of drug-likeness (QED) is 0.626. The summed E-state index contributed by atoms with van der Waals surface area (Å²) in [5, 5.41) is 9.60. The number of morpholine rings is 1. The van der Waals surface area contributed by atoms with Crippen LogP contribution >= 0.6 is 0 Å². The second kappa shape index (κ2) is 9.61. The Hall–Kier alpha value is -3.93. The zero-order valence-electron chi connectivity index (χ0n) is 19.1. The van der Waals surface area contributed by atoms with Crippen LogP contribution in [0.1, 0.15) is 16.7 Å². The number of benzene rings is 2. The lowest BCUT2D eigenvalue weighted by Gasteiger charge is -2.37. The van der Waals surface area contributed by atoms with Crippen molar-refractivity contribution in [2.45, 2.75) is 19.6 Å². The number of urea groups is 1. The van der Waals surface area contributed by atoms with Gasteiger partial charge < -0.3 is 14.7 Å². The van der Waals surface area contributed by atoms with E-state index in [1.807, 2.05) is 0 Å². The highest BCUT2D eigenvalue weighted by molar-refractivity contribution is 6.12. The molecule has 0 spiro atoms. The van der Waals surface area contributed by atoms with Crippen molar-refractivity contribution in [2.24, 2.45) is 5.92 Å². The zero-order valence-corrected chi connectivity index (χ0v) is 19.1. The standard InChI is InChI=1S/C24H22F3N3O6/c1-14-15(3-2-4-19(14)24(25,26)27)11-30-21(32)18(22(33)34)12-29(23(30)35)17-7-5-16(6-8-17)28-9-10-36-13-20(28)31/h2-8,18H,9-13H2,1H3,(H,33,34). The zero-order chi connectivity index (χ0) is 26.2. The molecule has 2 aliphatic heterocycles. The first-order valence-corrected chi connectivity index (χ1v) is 11.0. The molecule has 2 aromatic rings. The fraction of sp³-hybridized carbons (Fsp3) is 0.333. The summed E-state index contributed by atoms with van der Waals surface area (Å²) in [4.78, 5) is 53.3. The van der Waals surface area contributed by atoms with Crippen molar-refractivity contribution in [1.29, 1.82) is 0 Å². The van der Waals surface area contributed by atoms with Crippen LogP contribution in [0.2, 0.25) is 0 Å². The van der Waals surface area contributed by atoms with Crippen molar-refractivity contribution in [3.8, 4) is 0 Å². The number of rotatable bonds is 5. The molecule has 2 aliphatic rings. The number of halogens is 3. The van der Waals surface area contributed by atoms with Crippen LogP contribution in [0.4, 0.5) is 29.3 Å². The first-order valence-electron chi connectivity index (χ1n) is 11.0. The Morgan fingerprint density at radius 1 is 1.06 bits per heavy atom. The van der Waals surface area contributed by atoms with Crippen molar-refractivity contribution in [1.82, 2.24) is 4.90 Å². The second-order valence-electron chi connectivity index (χ2n) is 8.41. The van der Waals surface area contributed by atoms with Gasteiger partial charge in [0.15, 0.2) is 5.92 Å². The van der Waals surface area contributed by atoms with Gasteiger partial charge >= 0.3 is 18.2 Å². The Bertz CT molecular complexity index is 1210. The van der Waals surface area contributed by atoms with E-state index in [1.165, 1.54) is 36.1 Å². The van der Waals surface area contributed by atoms with Crippen LogP contribution in [0.15, 0.2) is 42.5 Å². The van der Waals surface area contributed by atoms with Crippen molar-refractivity contribution >= 4 is 35.2 Å². The van der Waals surface area contributed by atoms with E-state index in [-0.39, 0.29) is 29.3 Å². The minimum atomic E-state index is -4.63. The molecule has 4 rings (SSSR count). The fourth-order valence-corrected chi connectivity index (χ4v) is 4.25. The molecule has 2 aromatic carbocycles. The summed E-state index contributed by atoms with van der Waals surface area (Å²) in [6, 6.07) is 8.75. The molecule has 1 N–H and O–H groups in total. The van der Waals surface area contributed by atoms with Crippen LogP contribution in [0.3, 0.4) is 0 Å². The minimum Gasteiger partial charge on any atom is -0.481 e. The number of hydrogen-bond acceptors (Lipinski definition) is 5. The van der Waals surface area contributed by atoms with Crippen molar-refractivity contribution in [3.05, 3.63) is 59.2 Å². The number of alkyl halides is 3. The van der Waals surface area contributed by atoms with Gasteiger partial charge in [0.05, 0.1) is 18.7 Å². The van der Waals surface area contributed by atoms with Gasteiger partial charge in [-0.25, -0.2) is 4.79 Å². The van der Waals surface area contributed by atoms with E-state index in [0.29, 0.717) is 23.7 Å². The maximum absolute atomic E-state index is 13.3. The summed E-state index contributed by atoms with van der Waals surface area (Å²) in [7, 11) is 0. The molecule has 1 unspecified atom stereocenters. The third-order valence-electron chi connectivity index (χ3n) is 6.23. The average molecular weight is 505 g/mol. The lowest BCUT2D eigenvalue weighted by molar-refractivity contribution is -0.150.